The van der Waals surface area contributed by atoms with Gasteiger partial charge in [-0.1, -0.05) is 35.5 Å². The predicted molar refractivity (Wildman–Crippen MR) is 109 cm³/mol. The minimum Gasteiger partial charge on any atom is -0.495 e. The molecule has 0 radical (unpaired) electrons. The molecule has 0 saturated heterocycles. The molecule has 1 aromatic heterocycles. The topological polar surface area (TPSA) is 69.0 Å². The van der Waals surface area contributed by atoms with Crippen molar-refractivity contribution in [2.24, 2.45) is 0 Å². The molecule has 0 bridgehead atoms. The summed E-state index contributed by atoms with van der Waals surface area (Å²) in [5.41, 5.74) is 1.25. The minimum absolute atomic E-state index is 0.106. The van der Waals surface area contributed by atoms with Crippen molar-refractivity contribution in [1.82, 2.24) is 14.8 Å². The molecule has 0 aliphatic heterocycles. The lowest BCUT2D eigenvalue weighted by atomic mass is 10.2. The van der Waals surface area contributed by atoms with Crippen molar-refractivity contribution < 1.29 is 9.13 Å². The van der Waals surface area contributed by atoms with Crippen molar-refractivity contribution in [3.05, 3.63) is 69.2 Å². The lowest BCUT2D eigenvalue weighted by molar-refractivity contribution is 0.415. The third-order valence-corrected chi connectivity index (χ3v) is 5.26. The first-order valence-corrected chi connectivity index (χ1v) is 9.83. The van der Waals surface area contributed by atoms with Crippen LogP contribution in [0.5, 0.6) is 5.75 Å². The molecule has 146 valence electrons. The zero-order valence-corrected chi connectivity index (χ0v) is 16.9. The standard InChI is InChI=1S/C19H18ClFN4O2S/c1-3-25-18(26)17(22-14-8-9-16(27-2)15(20)10-14)23-24-19(25)28-11-12-4-6-13(21)7-5-12/h4-10H,3,11H2,1-2H3,(H,22,23). The number of methoxy groups -OCH3 is 1. The van der Waals surface area contributed by atoms with Crippen LogP contribution in [-0.2, 0) is 12.3 Å². The minimum atomic E-state index is -0.286. The van der Waals surface area contributed by atoms with E-state index in [9.17, 15) is 9.18 Å². The highest BCUT2D eigenvalue weighted by molar-refractivity contribution is 7.98. The molecule has 0 saturated carbocycles. The molecule has 0 spiro atoms. The van der Waals surface area contributed by atoms with Crippen LogP contribution in [0.25, 0.3) is 0 Å². The van der Waals surface area contributed by atoms with Gasteiger partial charge in [-0.15, -0.1) is 10.2 Å². The highest BCUT2D eigenvalue weighted by Gasteiger charge is 2.13. The fraction of sp³-hybridized carbons (Fsp3) is 0.211. The van der Waals surface area contributed by atoms with Gasteiger partial charge in [-0.3, -0.25) is 9.36 Å². The molecule has 6 nitrogen and oxygen atoms in total. The number of nitrogens with one attached hydrogen (secondary N) is 1. The number of hydrogen-bond donors (Lipinski definition) is 1. The van der Waals surface area contributed by atoms with Crippen LogP contribution in [0, 0.1) is 5.82 Å². The van der Waals surface area contributed by atoms with E-state index in [1.54, 1.807) is 30.3 Å². The molecule has 0 fully saturated rings. The van der Waals surface area contributed by atoms with E-state index in [1.807, 2.05) is 6.92 Å². The maximum absolute atomic E-state index is 13.0. The third kappa shape index (κ3) is 4.63. The largest absolute Gasteiger partial charge is 0.495 e. The fourth-order valence-electron chi connectivity index (χ4n) is 2.48. The van der Waals surface area contributed by atoms with Crippen molar-refractivity contribution >= 4 is 34.9 Å². The van der Waals surface area contributed by atoms with Crippen LogP contribution in [0.1, 0.15) is 12.5 Å². The van der Waals surface area contributed by atoms with Crippen LogP contribution in [0.15, 0.2) is 52.4 Å². The monoisotopic (exact) mass is 420 g/mol. The highest BCUT2D eigenvalue weighted by Crippen LogP contribution is 2.28. The van der Waals surface area contributed by atoms with E-state index in [0.717, 1.165) is 5.56 Å². The average Bonchev–Trinajstić information content (AvgIpc) is 2.69. The average molecular weight is 421 g/mol. The molecule has 2 aromatic carbocycles. The molecule has 9 heteroatoms. The van der Waals surface area contributed by atoms with E-state index in [1.165, 1.54) is 35.6 Å². The number of halogens is 2. The molecule has 28 heavy (non-hydrogen) atoms. The molecule has 3 aromatic rings. The van der Waals surface area contributed by atoms with Gasteiger partial charge in [0.1, 0.15) is 11.6 Å². The van der Waals surface area contributed by atoms with E-state index in [0.29, 0.717) is 33.9 Å². The first kappa shape index (κ1) is 20.2. The molecule has 1 heterocycles. The van der Waals surface area contributed by atoms with Crippen LogP contribution in [0.4, 0.5) is 15.9 Å². The Kier molecular flexibility index (Phi) is 6.53. The van der Waals surface area contributed by atoms with Gasteiger partial charge in [-0.2, -0.15) is 0 Å². The summed E-state index contributed by atoms with van der Waals surface area (Å²) in [4.78, 5) is 12.8. The van der Waals surface area contributed by atoms with Crippen molar-refractivity contribution in [2.45, 2.75) is 24.4 Å². The Hall–Kier alpha value is -2.58. The van der Waals surface area contributed by atoms with Crippen LogP contribution < -0.4 is 15.6 Å². The molecule has 1 N–H and O–H groups in total. The Labute approximate surface area is 170 Å². The quantitative estimate of drug-likeness (QED) is 0.568. The van der Waals surface area contributed by atoms with E-state index in [2.05, 4.69) is 15.5 Å². The van der Waals surface area contributed by atoms with Crippen molar-refractivity contribution in [3.63, 3.8) is 0 Å². The van der Waals surface area contributed by atoms with E-state index in [-0.39, 0.29) is 17.2 Å². The molecule has 0 aliphatic rings. The first-order valence-electron chi connectivity index (χ1n) is 8.47. The Morgan fingerprint density at radius 3 is 2.61 bits per heavy atom. The van der Waals surface area contributed by atoms with Gasteiger partial charge in [0, 0.05) is 18.0 Å². The van der Waals surface area contributed by atoms with Crippen LogP contribution in [0.2, 0.25) is 5.02 Å². The number of hydrogen-bond acceptors (Lipinski definition) is 6. The third-order valence-electron chi connectivity index (χ3n) is 3.93. The van der Waals surface area contributed by atoms with Crippen LogP contribution in [0.3, 0.4) is 0 Å². The molecule has 3 rings (SSSR count). The molecule has 0 unspecified atom stereocenters. The molecular weight excluding hydrogens is 403 g/mol. The van der Waals surface area contributed by atoms with Gasteiger partial charge in [-0.25, -0.2) is 4.39 Å². The van der Waals surface area contributed by atoms with E-state index >= 15 is 0 Å². The first-order chi connectivity index (χ1) is 13.5. The SMILES string of the molecule is CCn1c(SCc2ccc(F)cc2)nnc(Nc2ccc(OC)c(Cl)c2)c1=O. The maximum Gasteiger partial charge on any atom is 0.297 e. The van der Waals surface area contributed by atoms with E-state index < -0.39 is 0 Å². The Bertz CT molecular complexity index is 1030. The second-order valence-corrected chi connectivity index (χ2v) is 7.12. The molecule has 0 atom stereocenters. The number of anilines is 2. The van der Waals surface area contributed by atoms with Crippen molar-refractivity contribution in [1.29, 1.82) is 0 Å². The maximum atomic E-state index is 13.0. The Balaban J connectivity index is 1.80. The number of aromatic nitrogens is 3. The second-order valence-electron chi connectivity index (χ2n) is 5.77. The zero-order chi connectivity index (χ0) is 20.1. The van der Waals surface area contributed by atoms with Gasteiger partial charge < -0.3 is 10.1 Å². The number of ether oxygens (including phenoxy) is 1. The van der Waals surface area contributed by atoms with Gasteiger partial charge in [-0.05, 0) is 42.8 Å². The van der Waals surface area contributed by atoms with E-state index in [4.69, 9.17) is 16.3 Å². The van der Waals surface area contributed by atoms with Crippen molar-refractivity contribution in [3.8, 4) is 5.75 Å². The molecule has 0 amide bonds. The van der Waals surface area contributed by atoms with Crippen LogP contribution >= 0.6 is 23.4 Å². The van der Waals surface area contributed by atoms with Gasteiger partial charge in [0.15, 0.2) is 5.16 Å². The number of benzene rings is 2. The normalized spacial score (nSPS) is 10.7. The van der Waals surface area contributed by atoms with Gasteiger partial charge in [0.2, 0.25) is 5.82 Å². The summed E-state index contributed by atoms with van der Waals surface area (Å²) < 4.78 is 19.7. The summed E-state index contributed by atoms with van der Waals surface area (Å²) in [6.45, 7) is 2.30. The number of thioether (sulfide) groups is 1. The van der Waals surface area contributed by atoms with Crippen LogP contribution in [-0.4, -0.2) is 21.9 Å². The van der Waals surface area contributed by atoms with Gasteiger partial charge in [0.05, 0.1) is 12.1 Å². The van der Waals surface area contributed by atoms with Crippen molar-refractivity contribution in [2.75, 3.05) is 12.4 Å². The summed E-state index contributed by atoms with van der Waals surface area (Å²) in [5.74, 6) is 0.911. The summed E-state index contributed by atoms with van der Waals surface area (Å²) in [6, 6.07) is 11.3. The lowest BCUT2D eigenvalue weighted by Gasteiger charge is -2.12. The Morgan fingerprint density at radius 2 is 1.96 bits per heavy atom. The second kappa shape index (κ2) is 9.07. The Morgan fingerprint density at radius 1 is 1.21 bits per heavy atom. The van der Waals surface area contributed by atoms with Gasteiger partial charge in [0.25, 0.3) is 5.56 Å². The molecular formula is C19H18ClFN4O2S. The smallest absolute Gasteiger partial charge is 0.297 e. The summed E-state index contributed by atoms with van der Waals surface area (Å²) in [6.07, 6.45) is 0. The summed E-state index contributed by atoms with van der Waals surface area (Å²) in [5, 5.41) is 12.1. The summed E-state index contributed by atoms with van der Waals surface area (Å²) in [7, 11) is 1.53. The number of rotatable bonds is 7. The highest BCUT2D eigenvalue weighted by atomic mass is 35.5. The fourth-order valence-corrected chi connectivity index (χ4v) is 3.69. The zero-order valence-electron chi connectivity index (χ0n) is 15.3. The van der Waals surface area contributed by atoms with Gasteiger partial charge >= 0.3 is 0 Å². The predicted octanol–water partition coefficient (Wildman–Crippen LogP) is 4.50. The summed E-state index contributed by atoms with van der Waals surface area (Å²) >= 11 is 7.49. The molecule has 0 aliphatic carbocycles. The number of nitrogens with zero attached hydrogens (tertiary/aromatic N) is 3. The lowest BCUT2D eigenvalue weighted by Crippen LogP contribution is -2.26.